The van der Waals surface area contributed by atoms with Crippen LogP contribution in [0.1, 0.15) is 18.3 Å². The van der Waals surface area contributed by atoms with Crippen LogP contribution in [-0.2, 0) is 6.54 Å². The Bertz CT molecular complexity index is 602. The third-order valence-corrected chi connectivity index (χ3v) is 2.66. The number of nitrogens with zero attached hydrogens (tertiary/aromatic N) is 2. The van der Waals surface area contributed by atoms with Crippen LogP contribution in [0.2, 0.25) is 0 Å². The highest BCUT2D eigenvalue weighted by Gasteiger charge is 2.11. The predicted octanol–water partition coefficient (Wildman–Crippen LogP) is 3.11. The Balaban J connectivity index is 2.14. The van der Waals surface area contributed by atoms with E-state index in [4.69, 9.17) is 0 Å². The Labute approximate surface area is 116 Å². The maximum absolute atomic E-state index is 13.6. The second-order valence-electron chi connectivity index (χ2n) is 4.30. The van der Waals surface area contributed by atoms with Gasteiger partial charge in [-0.1, -0.05) is 6.07 Å². The van der Waals surface area contributed by atoms with Gasteiger partial charge in [0, 0.05) is 18.3 Å². The van der Waals surface area contributed by atoms with Crippen LogP contribution >= 0.6 is 0 Å². The summed E-state index contributed by atoms with van der Waals surface area (Å²) in [6.45, 7) is 4.52. The molecule has 4 nitrogen and oxygen atoms in total. The van der Waals surface area contributed by atoms with Gasteiger partial charge in [0.2, 0.25) is 0 Å². The second kappa shape index (κ2) is 6.27. The monoisotopic (exact) mass is 278 g/mol. The lowest BCUT2D eigenvalue weighted by molar-refractivity contribution is 0.578. The fourth-order valence-corrected chi connectivity index (χ4v) is 1.75. The molecule has 106 valence electrons. The van der Waals surface area contributed by atoms with Crippen molar-refractivity contribution in [1.82, 2.24) is 9.97 Å². The average Bonchev–Trinajstić information content (AvgIpc) is 2.41. The molecule has 2 aromatic heterocycles. The number of rotatable bonds is 5. The van der Waals surface area contributed by atoms with E-state index in [2.05, 4.69) is 20.6 Å². The third-order valence-electron chi connectivity index (χ3n) is 2.66. The van der Waals surface area contributed by atoms with Crippen LogP contribution in [0.15, 0.2) is 24.3 Å². The molecule has 6 heteroatoms. The summed E-state index contributed by atoms with van der Waals surface area (Å²) in [6, 6.07) is 6.39. The number of halogens is 2. The van der Waals surface area contributed by atoms with Gasteiger partial charge in [0.25, 0.3) is 0 Å². The second-order valence-corrected chi connectivity index (χ2v) is 4.30. The number of hydrogen-bond acceptors (Lipinski definition) is 4. The van der Waals surface area contributed by atoms with Gasteiger partial charge in [0.15, 0.2) is 23.3 Å². The summed E-state index contributed by atoms with van der Waals surface area (Å²) in [7, 11) is 0. The van der Waals surface area contributed by atoms with Crippen LogP contribution in [-0.4, -0.2) is 16.5 Å². The molecule has 2 N–H and O–H groups in total. The molecule has 0 unspecified atom stereocenters. The van der Waals surface area contributed by atoms with Crippen LogP contribution in [0, 0.1) is 18.6 Å². The van der Waals surface area contributed by atoms with E-state index in [-0.39, 0.29) is 11.6 Å². The zero-order valence-electron chi connectivity index (χ0n) is 11.4. The fraction of sp³-hybridized carbons (Fsp3) is 0.286. The van der Waals surface area contributed by atoms with Crippen LogP contribution < -0.4 is 10.6 Å². The van der Waals surface area contributed by atoms with Gasteiger partial charge >= 0.3 is 0 Å². The van der Waals surface area contributed by atoms with E-state index in [1.807, 2.05) is 32.0 Å². The van der Waals surface area contributed by atoms with Crippen molar-refractivity contribution in [2.24, 2.45) is 0 Å². The number of hydrogen-bond donors (Lipinski definition) is 2. The van der Waals surface area contributed by atoms with E-state index >= 15 is 0 Å². The Morgan fingerprint density at radius 2 is 1.75 bits per heavy atom. The number of aromatic nitrogens is 2. The van der Waals surface area contributed by atoms with Crippen molar-refractivity contribution in [3.63, 3.8) is 0 Å². The molecular weight excluding hydrogens is 262 g/mol. The normalized spacial score (nSPS) is 10.4. The molecular formula is C14H16F2N4. The number of anilines is 2. The first-order chi connectivity index (χ1) is 9.60. The molecule has 0 aliphatic carbocycles. The highest BCUT2D eigenvalue weighted by Crippen LogP contribution is 2.19. The molecule has 20 heavy (non-hydrogen) atoms. The van der Waals surface area contributed by atoms with Crippen LogP contribution in [0.3, 0.4) is 0 Å². The first kappa shape index (κ1) is 14.2. The third kappa shape index (κ3) is 3.40. The molecule has 0 radical (unpaired) electrons. The molecule has 0 aliphatic rings. The minimum Gasteiger partial charge on any atom is -0.368 e. The molecule has 0 bridgehead atoms. The summed E-state index contributed by atoms with van der Waals surface area (Å²) < 4.78 is 27.1. The first-order valence-corrected chi connectivity index (χ1v) is 6.36. The van der Waals surface area contributed by atoms with Crippen LogP contribution in [0.25, 0.3) is 0 Å². The van der Waals surface area contributed by atoms with Crippen molar-refractivity contribution in [3.05, 3.63) is 47.3 Å². The van der Waals surface area contributed by atoms with E-state index < -0.39 is 11.6 Å². The lowest BCUT2D eigenvalue weighted by Gasteiger charge is -2.10. The molecule has 2 aromatic rings. The van der Waals surface area contributed by atoms with Crippen molar-refractivity contribution >= 4 is 11.6 Å². The van der Waals surface area contributed by atoms with E-state index in [0.29, 0.717) is 13.1 Å². The Kier molecular flexibility index (Phi) is 4.45. The first-order valence-electron chi connectivity index (χ1n) is 6.36. The smallest absolute Gasteiger partial charge is 0.168 e. The summed E-state index contributed by atoms with van der Waals surface area (Å²) in [6.07, 6.45) is 0. The minimum absolute atomic E-state index is 0.00524. The van der Waals surface area contributed by atoms with Gasteiger partial charge in [-0.05, 0) is 26.0 Å². The van der Waals surface area contributed by atoms with Crippen molar-refractivity contribution < 1.29 is 8.78 Å². The highest BCUT2D eigenvalue weighted by atomic mass is 19.1. The summed E-state index contributed by atoms with van der Waals surface area (Å²) >= 11 is 0. The minimum atomic E-state index is -0.725. The lowest BCUT2D eigenvalue weighted by Crippen LogP contribution is -2.09. The predicted molar refractivity (Wildman–Crippen MR) is 74.6 cm³/mol. The van der Waals surface area contributed by atoms with E-state index in [1.54, 1.807) is 0 Å². The molecule has 0 fully saturated rings. The van der Waals surface area contributed by atoms with Crippen LogP contribution in [0.4, 0.5) is 20.4 Å². The van der Waals surface area contributed by atoms with Crippen molar-refractivity contribution in [2.45, 2.75) is 20.4 Å². The molecule has 0 saturated heterocycles. The maximum Gasteiger partial charge on any atom is 0.168 e. The molecule has 0 aliphatic heterocycles. The maximum atomic E-state index is 13.6. The summed E-state index contributed by atoms with van der Waals surface area (Å²) in [5.74, 6) is -1.39. The van der Waals surface area contributed by atoms with Crippen molar-refractivity contribution in [1.29, 1.82) is 0 Å². The topological polar surface area (TPSA) is 49.8 Å². The van der Waals surface area contributed by atoms with E-state index in [0.717, 1.165) is 17.5 Å². The number of aryl methyl sites for hydroxylation is 1. The lowest BCUT2D eigenvalue weighted by atomic mass is 10.3. The fourth-order valence-electron chi connectivity index (χ4n) is 1.75. The van der Waals surface area contributed by atoms with Crippen LogP contribution in [0.5, 0.6) is 0 Å². The van der Waals surface area contributed by atoms with Gasteiger partial charge in [0.05, 0.1) is 12.2 Å². The van der Waals surface area contributed by atoms with Gasteiger partial charge < -0.3 is 10.6 Å². The molecule has 0 atom stereocenters. The van der Waals surface area contributed by atoms with Gasteiger partial charge in [-0.15, -0.1) is 0 Å². The SMILES string of the molecule is CCNc1nc(NCc2cccc(C)n2)c(F)cc1F. The van der Waals surface area contributed by atoms with Crippen molar-refractivity contribution in [2.75, 3.05) is 17.2 Å². The highest BCUT2D eigenvalue weighted by molar-refractivity contribution is 5.47. The zero-order chi connectivity index (χ0) is 14.5. The number of nitrogens with one attached hydrogen (secondary N) is 2. The summed E-state index contributed by atoms with van der Waals surface area (Å²) in [4.78, 5) is 8.19. The average molecular weight is 278 g/mol. The van der Waals surface area contributed by atoms with Gasteiger partial charge in [0.1, 0.15) is 0 Å². The standard InChI is InChI=1S/C14H16F2N4/c1-3-17-13-11(15)7-12(16)14(20-13)18-8-10-6-4-5-9(2)19-10/h4-7H,3,8H2,1-2H3,(H2,17,18,20). The largest absolute Gasteiger partial charge is 0.368 e. The van der Waals surface area contributed by atoms with Gasteiger partial charge in [-0.2, -0.15) is 0 Å². The molecule has 0 amide bonds. The Morgan fingerprint density at radius 1 is 1.05 bits per heavy atom. The molecule has 0 saturated carbocycles. The zero-order valence-corrected chi connectivity index (χ0v) is 11.4. The summed E-state index contributed by atoms with van der Waals surface area (Å²) in [5, 5.41) is 5.57. The van der Waals surface area contributed by atoms with Crippen molar-refractivity contribution in [3.8, 4) is 0 Å². The van der Waals surface area contributed by atoms with E-state index in [1.165, 1.54) is 0 Å². The Morgan fingerprint density at radius 3 is 2.40 bits per heavy atom. The van der Waals surface area contributed by atoms with Gasteiger partial charge in [-0.3, -0.25) is 4.98 Å². The van der Waals surface area contributed by atoms with Gasteiger partial charge in [-0.25, -0.2) is 13.8 Å². The molecule has 0 spiro atoms. The quantitative estimate of drug-likeness (QED) is 0.882. The molecule has 2 heterocycles. The Hall–Kier alpha value is -2.24. The number of pyridine rings is 2. The molecule has 0 aromatic carbocycles. The molecule has 2 rings (SSSR count). The summed E-state index contributed by atoms with van der Waals surface area (Å²) in [5.41, 5.74) is 1.64. The van der Waals surface area contributed by atoms with E-state index in [9.17, 15) is 8.78 Å².